The molecule has 14 heavy (non-hydrogen) atoms. The van der Waals surface area contributed by atoms with Crippen molar-refractivity contribution in [3.63, 3.8) is 0 Å². The van der Waals surface area contributed by atoms with Crippen molar-refractivity contribution in [2.24, 2.45) is 5.92 Å². The summed E-state index contributed by atoms with van der Waals surface area (Å²) in [5, 5.41) is 13.5. The van der Waals surface area contributed by atoms with Gasteiger partial charge in [0.15, 0.2) is 0 Å². The summed E-state index contributed by atoms with van der Waals surface area (Å²) in [6.07, 6.45) is 0.456. The summed E-state index contributed by atoms with van der Waals surface area (Å²) < 4.78 is 0. The van der Waals surface area contributed by atoms with Crippen LogP contribution in [-0.2, 0) is 9.59 Å². The summed E-state index contributed by atoms with van der Waals surface area (Å²) in [6.45, 7) is 4.01. The molecule has 0 saturated heterocycles. The van der Waals surface area contributed by atoms with Gasteiger partial charge in [0.1, 0.15) is 5.92 Å². The minimum absolute atomic E-state index is 0.0646. The van der Waals surface area contributed by atoms with Crippen molar-refractivity contribution in [3.05, 3.63) is 0 Å². The first kappa shape index (κ1) is 12.4. The van der Waals surface area contributed by atoms with E-state index in [1.807, 2.05) is 6.07 Å². The average molecular weight is 197 g/mol. The molecule has 0 spiro atoms. The molecule has 0 aromatic carbocycles. The normalized spacial score (nSPS) is 11.2. The Morgan fingerprint density at radius 3 is 2.43 bits per heavy atom. The van der Waals surface area contributed by atoms with E-state index in [1.165, 1.54) is 0 Å². The first-order chi connectivity index (χ1) is 6.65. The van der Waals surface area contributed by atoms with Crippen LogP contribution in [0.25, 0.3) is 0 Å². The van der Waals surface area contributed by atoms with Gasteiger partial charge in [0.25, 0.3) is 0 Å². The third kappa shape index (κ3) is 4.45. The van der Waals surface area contributed by atoms with E-state index >= 15 is 0 Å². The highest BCUT2D eigenvalue weighted by molar-refractivity contribution is 5.86. The van der Waals surface area contributed by atoms with Crippen molar-refractivity contribution in [2.45, 2.75) is 20.3 Å². The zero-order valence-electron chi connectivity index (χ0n) is 8.46. The maximum atomic E-state index is 11.2. The van der Waals surface area contributed by atoms with Crippen LogP contribution in [-0.4, -0.2) is 24.9 Å². The molecule has 0 aliphatic carbocycles. The fourth-order valence-corrected chi connectivity index (χ4v) is 0.886. The smallest absolute Gasteiger partial charge is 0.239 e. The van der Waals surface area contributed by atoms with E-state index in [9.17, 15) is 9.59 Å². The molecular weight excluding hydrogens is 182 g/mol. The Bertz CT molecular complexity index is 245. The highest BCUT2D eigenvalue weighted by atomic mass is 16.2. The third-order valence-corrected chi connectivity index (χ3v) is 1.68. The lowest BCUT2D eigenvalue weighted by molar-refractivity contribution is -0.127. The lowest BCUT2D eigenvalue weighted by Crippen LogP contribution is -2.39. The second-order valence-corrected chi connectivity index (χ2v) is 2.76. The summed E-state index contributed by atoms with van der Waals surface area (Å²) in [5.41, 5.74) is 0. The van der Waals surface area contributed by atoms with Crippen molar-refractivity contribution >= 4 is 11.8 Å². The van der Waals surface area contributed by atoms with Crippen LogP contribution >= 0.6 is 0 Å². The first-order valence-corrected chi connectivity index (χ1v) is 4.59. The molecule has 0 radical (unpaired) electrons. The number of rotatable bonds is 5. The number of hydrogen-bond donors (Lipinski definition) is 2. The lowest BCUT2D eigenvalue weighted by Gasteiger charge is -2.07. The van der Waals surface area contributed by atoms with Gasteiger partial charge in [-0.25, -0.2) is 0 Å². The van der Waals surface area contributed by atoms with E-state index in [1.54, 1.807) is 13.8 Å². The molecule has 5 heteroatoms. The van der Waals surface area contributed by atoms with Crippen molar-refractivity contribution in [1.82, 2.24) is 10.6 Å². The largest absolute Gasteiger partial charge is 0.355 e. The van der Waals surface area contributed by atoms with Crippen LogP contribution < -0.4 is 10.6 Å². The molecule has 0 saturated carbocycles. The molecule has 0 aromatic heterocycles. The number of nitrogens with one attached hydrogen (secondary N) is 2. The zero-order valence-corrected chi connectivity index (χ0v) is 8.46. The topological polar surface area (TPSA) is 82.0 Å². The van der Waals surface area contributed by atoms with Crippen LogP contribution in [0.1, 0.15) is 20.3 Å². The van der Waals surface area contributed by atoms with Gasteiger partial charge in [0.05, 0.1) is 12.6 Å². The average Bonchev–Trinajstić information content (AvgIpc) is 2.17. The van der Waals surface area contributed by atoms with Crippen LogP contribution in [0, 0.1) is 17.2 Å². The summed E-state index contributed by atoms with van der Waals surface area (Å²) in [6, 6.07) is 1.86. The summed E-state index contributed by atoms with van der Waals surface area (Å²) in [4.78, 5) is 22.1. The second-order valence-electron chi connectivity index (χ2n) is 2.76. The van der Waals surface area contributed by atoms with Crippen LogP contribution in [0.5, 0.6) is 0 Å². The fourth-order valence-electron chi connectivity index (χ4n) is 0.886. The van der Waals surface area contributed by atoms with Crippen LogP contribution in [0.15, 0.2) is 0 Å². The second kappa shape index (κ2) is 6.89. The number of carbonyl (C=O) groups excluding carboxylic acids is 2. The van der Waals surface area contributed by atoms with Crippen LogP contribution in [0.3, 0.4) is 0 Å². The van der Waals surface area contributed by atoms with Gasteiger partial charge in [-0.1, -0.05) is 6.92 Å². The fraction of sp³-hybridized carbons (Fsp3) is 0.667. The molecular formula is C9H15N3O2. The highest BCUT2D eigenvalue weighted by Crippen LogP contribution is 1.98. The Hall–Kier alpha value is -1.57. The molecule has 0 aliphatic heterocycles. The highest BCUT2D eigenvalue weighted by Gasteiger charge is 2.15. The summed E-state index contributed by atoms with van der Waals surface area (Å²) in [7, 11) is 0. The maximum absolute atomic E-state index is 11.2. The monoisotopic (exact) mass is 197 g/mol. The molecule has 0 heterocycles. The lowest BCUT2D eigenvalue weighted by atomic mass is 10.1. The molecule has 2 amide bonds. The number of amides is 2. The van der Waals surface area contributed by atoms with Gasteiger partial charge in [-0.15, -0.1) is 0 Å². The molecule has 1 atom stereocenters. The Morgan fingerprint density at radius 1 is 1.36 bits per heavy atom. The molecule has 5 nitrogen and oxygen atoms in total. The quantitative estimate of drug-likeness (QED) is 0.639. The minimum atomic E-state index is -0.663. The van der Waals surface area contributed by atoms with Gasteiger partial charge < -0.3 is 10.6 Å². The number of nitrogens with zero attached hydrogens (tertiary/aromatic N) is 1. The number of likely N-dealkylation sites (N-methyl/N-ethyl adjacent to an activating group) is 1. The van der Waals surface area contributed by atoms with Gasteiger partial charge in [0.2, 0.25) is 11.8 Å². The Morgan fingerprint density at radius 2 is 2.00 bits per heavy atom. The molecule has 0 fully saturated rings. The third-order valence-electron chi connectivity index (χ3n) is 1.68. The summed E-state index contributed by atoms with van der Waals surface area (Å²) in [5.74, 6) is -1.29. The van der Waals surface area contributed by atoms with Crippen molar-refractivity contribution < 1.29 is 9.59 Å². The van der Waals surface area contributed by atoms with E-state index in [4.69, 9.17) is 5.26 Å². The van der Waals surface area contributed by atoms with Crippen molar-refractivity contribution in [1.29, 1.82) is 5.26 Å². The molecule has 2 N–H and O–H groups in total. The van der Waals surface area contributed by atoms with E-state index < -0.39 is 5.92 Å². The molecule has 0 rings (SSSR count). The van der Waals surface area contributed by atoms with Gasteiger partial charge in [-0.2, -0.15) is 5.26 Å². The molecule has 0 aromatic rings. The van der Waals surface area contributed by atoms with Crippen molar-refractivity contribution in [3.8, 4) is 6.07 Å². The van der Waals surface area contributed by atoms with Gasteiger partial charge in [-0.3, -0.25) is 9.59 Å². The maximum Gasteiger partial charge on any atom is 0.239 e. The Balaban J connectivity index is 3.85. The predicted molar refractivity (Wildman–Crippen MR) is 51.1 cm³/mol. The van der Waals surface area contributed by atoms with Gasteiger partial charge in [-0.05, 0) is 13.3 Å². The Kier molecular flexibility index (Phi) is 6.12. The summed E-state index contributed by atoms with van der Waals surface area (Å²) >= 11 is 0. The van der Waals surface area contributed by atoms with E-state index in [2.05, 4.69) is 10.6 Å². The Labute approximate surface area is 83.5 Å². The van der Waals surface area contributed by atoms with Gasteiger partial charge >= 0.3 is 0 Å². The SMILES string of the molecule is CCNC(=O)CNC(=O)C(C#N)CC. The number of nitriles is 1. The zero-order chi connectivity index (χ0) is 11.0. The van der Waals surface area contributed by atoms with E-state index in [0.29, 0.717) is 13.0 Å². The van der Waals surface area contributed by atoms with Crippen molar-refractivity contribution in [2.75, 3.05) is 13.1 Å². The molecule has 78 valence electrons. The predicted octanol–water partition coefficient (Wildman–Crippen LogP) is -0.212. The van der Waals surface area contributed by atoms with E-state index in [0.717, 1.165) is 0 Å². The molecule has 1 unspecified atom stereocenters. The minimum Gasteiger partial charge on any atom is -0.355 e. The first-order valence-electron chi connectivity index (χ1n) is 4.59. The number of hydrogen-bond acceptors (Lipinski definition) is 3. The molecule has 0 aliphatic rings. The van der Waals surface area contributed by atoms with Crippen LogP contribution in [0.2, 0.25) is 0 Å². The molecule has 0 bridgehead atoms. The number of carbonyl (C=O) groups is 2. The van der Waals surface area contributed by atoms with Crippen LogP contribution in [0.4, 0.5) is 0 Å². The standard InChI is InChI=1S/C9H15N3O2/c1-3-7(5-10)9(14)12-6-8(13)11-4-2/h7H,3-4,6H2,1-2H3,(H,11,13)(H,12,14). The van der Waals surface area contributed by atoms with E-state index in [-0.39, 0.29) is 18.4 Å². The van der Waals surface area contributed by atoms with Gasteiger partial charge in [0, 0.05) is 6.54 Å².